The molecule has 2 atom stereocenters. The summed E-state index contributed by atoms with van der Waals surface area (Å²) in [6.45, 7) is 7.60. The maximum absolute atomic E-state index is 13.1. The van der Waals surface area contributed by atoms with Gasteiger partial charge in [0.1, 0.15) is 23.5 Å². The number of carbonyl (C=O) groups excluding carboxylic acids is 4. The van der Waals surface area contributed by atoms with Crippen molar-refractivity contribution in [3.05, 3.63) is 30.1 Å². The molecule has 9 nitrogen and oxygen atoms in total. The van der Waals surface area contributed by atoms with Crippen molar-refractivity contribution in [3.8, 4) is 0 Å². The topological polar surface area (TPSA) is 117 Å². The molecular formula is C25H37FN4O5S. The Kier molecular flexibility index (Phi) is 11.0. The van der Waals surface area contributed by atoms with Gasteiger partial charge in [-0.3, -0.25) is 14.4 Å². The first-order valence-electron chi connectivity index (χ1n) is 12.0. The van der Waals surface area contributed by atoms with Crippen LogP contribution in [0.2, 0.25) is 0 Å². The second-order valence-electron chi connectivity index (χ2n) is 9.81. The lowest BCUT2D eigenvalue weighted by Gasteiger charge is -2.34. The Labute approximate surface area is 216 Å². The Morgan fingerprint density at radius 3 is 2.28 bits per heavy atom. The normalized spacial score (nSPS) is 16.0. The second kappa shape index (κ2) is 13.5. The van der Waals surface area contributed by atoms with Crippen LogP contribution < -0.4 is 16.0 Å². The highest BCUT2D eigenvalue weighted by atomic mass is 32.2. The van der Waals surface area contributed by atoms with Crippen LogP contribution in [0.3, 0.4) is 0 Å². The molecule has 1 aromatic carbocycles. The van der Waals surface area contributed by atoms with E-state index in [1.54, 1.807) is 44.4 Å². The zero-order valence-corrected chi connectivity index (χ0v) is 22.4. The number of alkyl carbamates (subject to hydrolysis) is 1. The van der Waals surface area contributed by atoms with E-state index in [4.69, 9.17) is 4.74 Å². The summed E-state index contributed by atoms with van der Waals surface area (Å²) in [4.78, 5) is 52.1. The molecule has 0 spiro atoms. The summed E-state index contributed by atoms with van der Waals surface area (Å²) in [6.07, 6.45) is 2.67. The Hall–Kier alpha value is -2.82. The highest BCUT2D eigenvalue weighted by molar-refractivity contribution is 7.98. The molecule has 2 rings (SSSR count). The van der Waals surface area contributed by atoms with Gasteiger partial charge in [0.25, 0.3) is 0 Å². The van der Waals surface area contributed by atoms with Crippen molar-refractivity contribution in [1.29, 1.82) is 0 Å². The van der Waals surface area contributed by atoms with Crippen molar-refractivity contribution in [3.63, 3.8) is 0 Å². The molecule has 1 fully saturated rings. The van der Waals surface area contributed by atoms with Crippen molar-refractivity contribution in [1.82, 2.24) is 15.5 Å². The molecule has 1 heterocycles. The van der Waals surface area contributed by atoms with Crippen LogP contribution in [0.4, 0.5) is 14.9 Å². The molecular weight excluding hydrogens is 487 g/mol. The van der Waals surface area contributed by atoms with E-state index in [1.807, 2.05) is 6.26 Å². The summed E-state index contributed by atoms with van der Waals surface area (Å²) in [7, 11) is 0. The fourth-order valence-electron chi connectivity index (χ4n) is 3.71. The molecule has 11 heteroatoms. The number of ether oxygens (including phenoxy) is 1. The first-order chi connectivity index (χ1) is 16.9. The molecule has 1 aliphatic rings. The highest BCUT2D eigenvalue weighted by Crippen LogP contribution is 2.20. The first kappa shape index (κ1) is 29.4. The van der Waals surface area contributed by atoms with E-state index in [0.29, 0.717) is 43.8 Å². The molecule has 200 valence electrons. The van der Waals surface area contributed by atoms with Gasteiger partial charge >= 0.3 is 6.09 Å². The molecule has 1 saturated heterocycles. The largest absolute Gasteiger partial charge is 0.444 e. The molecule has 36 heavy (non-hydrogen) atoms. The van der Waals surface area contributed by atoms with Gasteiger partial charge in [-0.25, -0.2) is 9.18 Å². The third-order valence-corrected chi connectivity index (χ3v) is 6.28. The van der Waals surface area contributed by atoms with Gasteiger partial charge in [0.2, 0.25) is 17.7 Å². The van der Waals surface area contributed by atoms with Gasteiger partial charge in [-0.05, 0) is 83.2 Å². The smallest absolute Gasteiger partial charge is 0.408 e. The Balaban J connectivity index is 1.86. The van der Waals surface area contributed by atoms with Crippen molar-refractivity contribution in [2.45, 2.75) is 64.6 Å². The number of likely N-dealkylation sites (tertiary alicyclic amines) is 1. The van der Waals surface area contributed by atoms with Crippen molar-refractivity contribution < 1.29 is 28.3 Å². The monoisotopic (exact) mass is 524 g/mol. The number of hydrogen-bond donors (Lipinski definition) is 3. The zero-order valence-electron chi connectivity index (χ0n) is 21.6. The number of nitrogens with one attached hydrogen (secondary N) is 3. The fraction of sp³-hybridized carbons (Fsp3) is 0.600. The van der Waals surface area contributed by atoms with Crippen LogP contribution in [0.15, 0.2) is 24.3 Å². The standard InChI is InChI=1S/C25H37FN4O5S/c1-16(21(31)28-19-8-6-18(26)7-9-19)27-22(32)17-10-13-30(14-11-17)23(33)20(12-15-36-5)29-24(34)35-25(2,3)4/h6-9,16-17,20H,10-15H2,1-5H3,(H,27,32)(H,28,31)(H,29,34)/t16-,20+/m1/s1. The lowest BCUT2D eigenvalue weighted by atomic mass is 9.95. The van der Waals surface area contributed by atoms with Crippen molar-refractivity contribution in [2.75, 3.05) is 30.4 Å². The molecule has 0 aromatic heterocycles. The number of anilines is 1. The SMILES string of the molecule is CSCC[C@H](NC(=O)OC(C)(C)C)C(=O)N1CCC(C(=O)N[C@H](C)C(=O)Nc2ccc(F)cc2)CC1. The zero-order chi connectivity index (χ0) is 26.9. The lowest BCUT2D eigenvalue weighted by molar-refractivity contribution is -0.137. The summed E-state index contributed by atoms with van der Waals surface area (Å²) < 4.78 is 18.3. The summed E-state index contributed by atoms with van der Waals surface area (Å²) in [6, 6.07) is 3.88. The van der Waals surface area contributed by atoms with Crippen LogP contribution in [0.1, 0.15) is 47.0 Å². The Bertz CT molecular complexity index is 914. The van der Waals surface area contributed by atoms with E-state index in [-0.39, 0.29) is 17.7 Å². The molecule has 3 N–H and O–H groups in total. The summed E-state index contributed by atoms with van der Waals surface area (Å²) in [5.74, 6) is -0.903. The molecule has 1 aromatic rings. The average Bonchev–Trinajstić information content (AvgIpc) is 2.81. The number of piperidine rings is 1. The van der Waals surface area contributed by atoms with Crippen molar-refractivity contribution in [2.24, 2.45) is 5.92 Å². The summed E-state index contributed by atoms with van der Waals surface area (Å²) in [5.41, 5.74) is -0.235. The minimum Gasteiger partial charge on any atom is -0.444 e. The van der Waals surface area contributed by atoms with E-state index in [0.717, 1.165) is 0 Å². The molecule has 0 unspecified atom stereocenters. The van der Waals surface area contributed by atoms with Gasteiger partial charge in [-0.2, -0.15) is 11.8 Å². The number of halogens is 1. The molecule has 0 saturated carbocycles. The number of hydrogen-bond acceptors (Lipinski definition) is 6. The maximum Gasteiger partial charge on any atom is 0.408 e. The predicted octanol–water partition coefficient (Wildman–Crippen LogP) is 3.15. The van der Waals surface area contributed by atoms with E-state index in [1.165, 1.54) is 24.3 Å². The number of amides is 4. The highest BCUT2D eigenvalue weighted by Gasteiger charge is 2.33. The van der Waals surface area contributed by atoms with E-state index < -0.39 is 35.5 Å². The van der Waals surface area contributed by atoms with Gasteiger partial charge in [0, 0.05) is 24.7 Å². The minimum atomic E-state index is -0.781. The van der Waals surface area contributed by atoms with Crippen LogP contribution in [-0.2, 0) is 19.1 Å². The lowest BCUT2D eigenvalue weighted by Crippen LogP contribution is -2.53. The van der Waals surface area contributed by atoms with Gasteiger partial charge in [0.05, 0.1) is 0 Å². The first-order valence-corrected chi connectivity index (χ1v) is 13.4. The number of benzene rings is 1. The van der Waals surface area contributed by atoms with Gasteiger partial charge in [-0.15, -0.1) is 0 Å². The van der Waals surface area contributed by atoms with Crippen molar-refractivity contribution >= 4 is 41.3 Å². The Morgan fingerprint density at radius 1 is 1.11 bits per heavy atom. The Morgan fingerprint density at radius 2 is 1.72 bits per heavy atom. The number of nitrogens with zero attached hydrogens (tertiary/aromatic N) is 1. The predicted molar refractivity (Wildman–Crippen MR) is 138 cm³/mol. The number of rotatable bonds is 9. The maximum atomic E-state index is 13.1. The summed E-state index contributed by atoms with van der Waals surface area (Å²) >= 11 is 1.58. The van der Waals surface area contributed by atoms with Gasteiger partial charge < -0.3 is 25.6 Å². The number of thioether (sulfide) groups is 1. The van der Waals surface area contributed by atoms with Crippen LogP contribution in [-0.4, -0.2) is 71.5 Å². The molecule has 0 radical (unpaired) electrons. The van der Waals surface area contributed by atoms with Crippen LogP contribution in [0.5, 0.6) is 0 Å². The third-order valence-electron chi connectivity index (χ3n) is 5.64. The quantitative estimate of drug-likeness (QED) is 0.457. The van der Waals surface area contributed by atoms with Crippen LogP contribution in [0, 0.1) is 11.7 Å². The summed E-state index contributed by atoms with van der Waals surface area (Å²) in [5, 5.41) is 8.05. The van der Waals surface area contributed by atoms with E-state index in [9.17, 15) is 23.6 Å². The van der Waals surface area contributed by atoms with E-state index >= 15 is 0 Å². The second-order valence-corrected chi connectivity index (χ2v) is 10.8. The third kappa shape index (κ3) is 9.67. The van der Waals surface area contributed by atoms with Crippen LogP contribution in [0.25, 0.3) is 0 Å². The molecule has 0 bridgehead atoms. The van der Waals surface area contributed by atoms with Gasteiger partial charge in [-0.1, -0.05) is 0 Å². The number of carbonyl (C=O) groups is 4. The van der Waals surface area contributed by atoms with Crippen LogP contribution >= 0.6 is 11.8 Å². The van der Waals surface area contributed by atoms with E-state index in [2.05, 4.69) is 16.0 Å². The minimum absolute atomic E-state index is 0.194. The van der Waals surface area contributed by atoms with Gasteiger partial charge in [0.15, 0.2) is 0 Å². The molecule has 4 amide bonds. The molecule has 1 aliphatic heterocycles. The molecule has 0 aliphatic carbocycles. The average molecular weight is 525 g/mol. The fourth-order valence-corrected chi connectivity index (χ4v) is 4.18.